The maximum absolute atomic E-state index is 12.3. The Labute approximate surface area is 146 Å². The summed E-state index contributed by atoms with van der Waals surface area (Å²) in [5.74, 6) is 1.74. The van der Waals surface area contributed by atoms with Crippen LogP contribution in [0.15, 0.2) is 58.2 Å². The van der Waals surface area contributed by atoms with E-state index in [1.807, 2.05) is 48.2 Å². The van der Waals surface area contributed by atoms with Crippen LogP contribution >= 0.6 is 11.8 Å². The first-order valence-electron chi connectivity index (χ1n) is 8.51. The molecular formula is C20H22N2OS. The van der Waals surface area contributed by atoms with E-state index in [1.54, 1.807) is 6.07 Å². The Morgan fingerprint density at radius 2 is 1.79 bits per heavy atom. The summed E-state index contributed by atoms with van der Waals surface area (Å²) in [6, 6.07) is 15.6. The van der Waals surface area contributed by atoms with Gasteiger partial charge in [-0.15, -0.1) is 11.8 Å². The molecule has 24 heavy (non-hydrogen) atoms. The normalized spacial score (nSPS) is 11.0. The summed E-state index contributed by atoms with van der Waals surface area (Å²) in [5, 5.41) is 0.631. The van der Waals surface area contributed by atoms with E-state index in [0.717, 1.165) is 16.8 Å². The van der Waals surface area contributed by atoms with Gasteiger partial charge in [0.15, 0.2) is 0 Å². The van der Waals surface area contributed by atoms with Crippen LogP contribution < -0.4 is 5.56 Å². The van der Waals surface area contributed by atoms with E-state index in [1.165, 1.54) is 30.6 Å². The molecule has 3 nitrogen and oxygen atoms in total. The summed E-state index contributed by atoms with van der Waals surface area (Å²) in [7, 11) is 0. The Morgan fingerprint density at radius 3 is 2.67 bits per heavy atom. The molecule has 3 rings (SSSR count). The predicted octanol–water partition coefficient (Wildman–Crippen LogP) is 5.26. The number of para-hydroxylation sites is 1. The van der Waals surface area contributed by atoms with Crippen molar-refractivity contribution in [2.45, 2.75) is 37.5 Å². The lowest BCUT2D eigenvalue weighted by Crippen LogP contribution is -2.09. The minimum absolute atomic E-state index is 0.0849. The largest absolute Gasteiger partial charge is 0.306 e. The summed E-state index contributed by atoms with van der Waals surface area (Å²) in [4.78, 5) is 21.1. The van der Waals surface area contributed by atoms with Crippen LogP contribution in [0.2, 0.25) is 0 Å². The average molecular weight is 338 g/mol. The van der Waals surface area contributed by atoms with Crippen molar-refractivity contribution < 1.29 is 0 Å². The van der Waals surface area contributed by atoms with E-state index in [0.29, 0.717) is 11.2 Å². The van der Waals surface area contributed by atoms with Gasteiger partial charge in [0.05, 0.1) is 10.9 Å². The summed E-state index contributed by atoms with van der Waals surface area (Å²) in [6.07, 6.45) is 5.04. The number of nitrogens with one attached hydrogen (secondary N) is 1. The molecule has 0 saturated carbocycles. The van der Waals surface area contributed by atoms with Crippen molar-refractivity contribution >= 4 is 22.7 Å². The third kappa shape index (κ3) is 3.88. The molecule has 0 saturated heterocycles. The van der Waals surface area contributed by atoms with Crippen LogP contribution in [-0.2, 0) is 0 Å². The number of fused-ring (bicyclic) bond motifs is 1. The van der Waals surface area contributed by atoms with E-state index >= 15 is 0 Å². The zero-order chi connectivity index (χ0) is 16.8. The molecule has 1 N–H and O–H groups in total. The number of thioether (sulfide) groups is 1. The van der Waals surface area contributed by atoms with E-state index in [2.05, 4.69) is 23.0 Å². The van der Waals surface area contributed by atoms with Gasteiger partial charge in [0.25, 0.3) is 5.56 Å². The van der Waals surface area contributed by atoms with Crippen LogP contribution in [0, 0.1) is 0 Å². The number of aromatic nitrogens is 2. The summed E-state index contributed by atoms with van der Waals surface area (Å²) in [5.41, 5.74) is 1.65. The molecule has 0 fully saturated rings. The molecule has 0 bridgehead atoms. The molecule has 0 aliphatic carbocycles. The van der Waals surface area contributed by atoms with E-state index in [4.69, 9.17) is 0 Å². The van der Waals surface area contributed by atoms with Crippen molar-refractivity contribution in [2.75, 3.05) is 5.75 Å². The second-order valence-corrected chi connectivity index (χ2v) is 6.97. The number of hydrogen-bond acceptors (Lipinski definition) is 3. The molecule has 0 spiro atoms. The molecule has 3 aromatic rings. The minimum Gasteiger partial charge on any atom is -0.306 e. The number of hydrogen-bond donors (Lipinski definition) is 1. The van der Waals surface area contributed by atoms with E-state index in [-0.39, 0.29) is 5.56 Å². The highest BCUT2D eigenvalue weighted by Gasteiger charge is 2.10. The Bertz CT molecular complexity index is 873. The van der Waals surface area contributed by atoms with Gasteiger partial charge in [-0.1, -0.05) is 56.5 Å². The topological polar surface area (TPSA) is 45.8 Å². The average Bonchev–Trinajstić information content (AvgIpc) is 2.62. The molecule has 4 heteroatoms. The summed E-state index contributed by atoms with van der Waals surface area (Å²) < 4.78 is 0. The molecule has 0 aliphatic rings. The lowest BCUT2D eigenvalue weighted by Gasteiger charge is -2.09. The molecule has 0 aliphatic heterocycles. The van der Waals surface area contributed by atoms with Crippen molar-refractivity contribution in [1.82, 2.24) is 9.97 Å². The summed E-state index contributed by atoms with van der Waals surface area (Å²) in [6.45, 7) is 2.23. The maximum atomic E-state index is 12.3. The fraction of sp³-hybridized carbons (Fsp3) is 0.300. The van der Waals surface area contributed by atoms with Crippen LogP contribution in [0.4, 0.5) is 0 Å². The standard InChI is InChI=1S/C20H22N2OS/c1-2-3-4-9-14-24-18-13-8-6-11-16(18)19-21-17-12-7-5-10-15(17)20(23)22-19/h5-8,10-13H,2-4,9,14H2,1H3,(H,21,22,23). The number of aromatic amines is 1. The van der Waals surface area contributed by atoms with Crippen LogP contribution in [0.1, 0.15) is 32.6 Å². The number of H-pyrrole nitrogens is 1. The van der Waals surface area contributed by atoms with Gasteiger partial charge in [-0.25, -0.2) is 4.98 Å². The molecule has 0 amide bonds. The molecule has 0 unspecified atom stereocenters. The molecule has 2 aromatic carbocycles. The number of rotatable bonds is 7. The first-order valence-corrected chi connectivity index (χ1v) is 9.49. The molecular weight excluding hydrogens is 316 g/mol. The minimum atomic E-state index is -0.0849. The first-order chi connectivity index (χ1) is 11.8. The van der Waals surface area contributed by atoms with Crippen LogP contribution in [0.5, 0.6) is 0 Å². The highest BCUT2D eigenvalue weighted by Crippen LogP contribution is 2.30. The predicted molar refractivity (Wildman–Crippen MR) is 103 cm³/mol. The second kappa shape index (κ2) is 8.15. The maximum Gasteiger partial charge on any atom is 0.259 e. The smallest absolute Gasteiger partial charge is 0.259 e. The van der Waals surface area contributed by atoms with Gasteiger partial charge >= 0.3 is 0 Å². The van der Waals surface area contributed by atoms with Crippen LogP contribution in [0.3, 0.4) is 0 Å². The van der Waals surface area contributed by atoms with Gasteiger partial charge in [-0.3, -0.25) is 4.79 Å². The Kier molecular flexibility index (Phi) is 5.70. The third-order valence-corrected chi connectivity index (χ3v) is 5.17. The number of benzene rings is 2. The first kappa shape index (κ1) is 16.8. The summed E-state index contributed by atoms with van der Waals surface area (Å²) >= 11 is 1.84. The van der Waals surface area contributed by atoms with E-state index < -0.39 is 0 Å². The van der Waals surface area contributed by atoms with Crippen LogP contribution in [-0.4, -0.2) is 15.7 Å². The van der Waals surface area contributed by atoms with Crippen molar-refractivity contribution in [3.8, 4) is 11.4 Å². The number of unbranched alkanes of at least 4 members (excludes halogenated alkanes) is 3. The quantitative estimate of drug-likeness (QED) is 0.472. The molecule has 124 valence electrons. The Morgan fingerprint density at radius 1 is 1.00 bits per heavy atom. The van der Waals surface area contributed by atoms with Gasteiger partial charge in [0, 0.05) is 10.5 Å². The second-order valence-electron chi connectivity index (χ2n) is 5.84. The monoisotopic (exact) mass is 338 g/mol. The number of nitrogens with zero attached hydrogens (tertiary/aromatic N) is 1. The van der Waals surface area contributed by atoms with Crippen molar-refractivity contribution in [3.63, 3.8) is 0 Å². The van der Waals surface area contributed by atoms with Crippen LogP contribution in [0.25, 0.3) is 22.3 Å². The lowest BCUT2D eigenvalue weighted by atomic mass is 10.2. The molecule has 0 radical (unpaired) electrons. The van der Waals surface area contributed by atoms with Gasteiger partial charge < -0.3 is 4.98 Å². The van der Waals surface area contributed by atoms with Gasteiger partial charge in [0.2, 0.25) is 0 Å². The fourth-order valence-electron chi connectivity index (χ4n) is 2.71. The van der Waals surface area contributed by atoms with Crippen molar-refractivity contribution in [3.05, 3.63) is 58.9 Å². The zero-order valence-electron chi connectivity index (χ0n) is 13.9. The lowest BCUT2D eigenvalue weighted by molar-refractivity contribution is 0.706. The highest BCUT2D eigenvalue weighted by atomic mass is 32.2. The zero-order valence-corrected chi connectivity index (χ0v) is 14.7. The Balaban J connectivity index is 1.88. The third-order valence-electron chi connectivity index (χ3n) is 4.01. The fourth-order valence-corrected chi connectivity index (χ4v) is 3.78. The van der Waals surface area contributed by atoms with Crippen molar-refractivity contribution in [2.24, 2.45) is 0 Å². The highest BCUT2D eigenvalue weighted by molar-refractivity contribution is 7.99. The van der Waals surface area contributed by atoms with E-state index in [9.17, 15) is 4.79 Å². The SMILES string of the molecule is CCCCCCSc1ccccc1-c1nc2ccccc2c(=O)[nH]1. The molecule has 0 atom stereocenters. The van der Waals surface area contributed by atoms with Crippen molar-refractivity contribution in [1.29, 1.82) is 0 Å². The Hall–Kier alpha value is -2.07. The molecule has 1 aromatic heterocycles. The molecule has 1 heterocycles. The van der Waals surface area contributed by atoms with Gasteiger partial charge in [-0.05, 0) is 30.4 Å². The van der Waals surface area contributed by atoms with Gasteiger partial charge in [0.1, 0.15) is 5.82 Å². The van der Waals surface area contributed by atoms with Gasteiger partial charge in [-0.2, -0.15) is 0 Å².